The lowest BCUT2D eigenvalue weighted by atomic mass is 10.1. The molecule has 0 saturated carbocycles. The van der Waals surface area contributed by atoms with Crippen LogP contribution in [-0.2, 0) is 13.7 Å². The van der Waals surface area contributed by atoms with Gasteiger partial charge in [0.15, 0.2) is 0 Å². The Kier molecular flexibility index (Phi) is 5.78. The number of hydrogen-bond donors (Lipinski definition) is 3. The van der Waals surface area contributed by atoms with E-state index in [-0.39, 0.29) is 23.9 Å². The largest absolute Gasteiger partial charge is 0.486 e. The van der Waals surface area contributed by atoms with Crippen LogP contribution in [0.25, 0.3) is 10.9 Å². The molecule has 0 spiro atoms. The third-order valence-electron chi connectivity index (χ3n) is 4.82. The van der Waals surface area contributed by atoms with Crippen molar-refractivity contribution in [3.63, 3.8) is 0 Å². The van der Waals surface area contributed by atoms with Crippen LogP contribution < -0.4 is 21.3 Å². The van der Waals surface area contributed by atoms with E-state index < -0.39 is 11.9 Å². The molecule has 1 amide bonds. The van der Waals surface area contributed by atoms with Gasteiger partial charge in [-0.15, -0.1) is 5.10 Å². The Morgan fingerprint density at radius 3 is 2.84 bits per heavy atom. The number of benzene rings is 1. The summed E-state index contributed by atoms with van der Waals surface area (Å²) in [4.78, 5) is 35.2. The van der Waals surface area contributed by atoms with Crippen LogP contribution in [0.1, 0.15) is 34.8 Å². The Morgan fingerprint density at radius 1 is 1.34 bits per heavy atom. The summed E-state index contributed by atoms with van der Waals surface area (Å²) in [5, 5.41) is 8.25. The summed E-state index contributed by atoms with van der Waals surface area (Å²) in [7, 11) is 1.56. The summed E-state index contributed by atoms with van der Waals surface area (Å²) >= 11 is 6.40. The lowest BCUT2D eigenvalue weighted by molar-refractivity contribution is 0.0986. The number of nitrogens with two attached hydrogens (primary N) is 1. The zero-order chi connectivity index (χ0) is 22.8. The summed E-state index contributed by atoms with van der Waals surface area (Å²) in [6.45, 7) is 2.03. The lowest BCUT2D eigenvalue weighted by Crippen LogP contribution is -2.20. The van der Waals surface area contributed by atoms with E-state index in [0.29, 0.717) is 21.9 Å². The number of aryl methyl sites for hydroxylation is 1. The maximum absolute atomic E-state index is 12.7. The minimum Gasteiger partial charge on any atom is -0.486 e. The van der Waals surface area contributed by atoms with Gasteiger partial charge >= 0.3 is 0 Å². The lowest BCUT2D eigenvalue weighted by Gasteiger charge is -2.14. The van der Waals surface area contributed by atoms with E-state index >= 15 is 0 Å². The number of H-pyrrole nitrogens is 1. The van der Waals surface area contributed by atoms with E-state index in [9.17, 15) is 9.59 Å². The van der Waals surface area contributed by atoms with Crippen LogP contribution in [0.4, 0.5) is 5.95 Å². The fourth-order valence-corrected chi connectivity index (χ4v) is 3.45. The van der Waals surface area contributed by atoms with Crippen molar-refractivity contribution in [3.8, 4) is 5.75 Å². The first kappa shape index (κ1) is 21.3. The molecule has 1 atom stereocenters. The van der Waals surface area contributed by atoms with E-state index in [2.05, 4.69) is 25.4 Å². The van der Waals surface area contributed by atoms with Gasteiger partial charge in [-0.2, -0.15) is 4.98 Å². The van der Waals surface area contributed by atoms with Gasteiger partial charge in [-0.1, -0.05) is 17.7 Å². The summed E-state index contributed by atoms with van der Waals surface area (Å²) in [5.41, 5.74) is 6.76. The van der Waals surface area contributed by atoms with Crippen LogP contribution in [0, 0.1) is 0 Å². The molecule has 32 heavy (non-hydrogen) atoms. The zero-order valence-corrected chi connectivity index (χ0v) is 18.1. The number of nitrogens with zero attached hydrogens (tertiary/aromatic N) is 4. The molecule has 4 rings (SSSR count). The minimum absolute atomic E-state index is 0.0112. The summed E-state index contributed by atoms with van der Waals surface area (Å²) in [5.74, 6) is -0.0576. The van der Waals surface area contributed by atoms with Crippen molar-refractivity contribution in [2.24, 2.45) is 12.8 Å². The van der Waals surface area contributed by atoms with Crippen molar-refractivity contribution in [2.75, 3.05) is 5.32 Å². The maximum atomic E-state index is 12.7. The smallest absolute Gasteiger partial charge is 0.286 e. The van der Waals surface area contributed by atoms with Gasteiger partial charge in [-0.25, -0.2) is 4.68 Å². The van der Waals surface area contributed by atoms with Gasteiger partial charge in [0.1, 0.15) is 12.4 Å². The molecule has 164 valence electrons. The number of rotatable bonds is 7. The molecule has 1 aromatic carbocycles. The Bertz CT molecular complexity index is 1350. The van der Waals surface area contributed by atoms with E-state index in [1.54, 1.807) is 38.4 Å². The van der Waals surface area contributed by atoms with E-state index in [4.69, 9.17) is 22.1 Å². The highest BCUT2D eigenvalue weighted by Crippen LogP contribution is 2.30. The van der Waals surface area contributed by atoms with Crippen molar-refractivity contribution in [3.05, 3.63) is 75.1 Å². The number of aromatic amines is 1. The van der Waals surface area contributed by atoms with E-state index in [1.807, 2.05) is 18.2 Å². The molecule has 0 aliphatic carbocycles. The number of ether oxygens (including phenoxy) is 1. The first-order valence-electron chi connectivity index (χ1n) is 9.68. The van der Waals surface area contributed by atoms with Gasteiger partial charge in [0.25, 0.3) is 11.5 Å². The number of primary amides is 1. The second kappa shape index (κ2) is 8.67. The Balaban J connectivity index is 1.58. The molecule has 0 saturated heterocycles. The Hall–Kier alpha value is -3.92. The van der Waals surface area contributed by atoms with Crippen LogP contribution in [0.15, 0.2) is 47.4 Å². The van der Waals surface area contributed by atoms with Gasteiger partial charge in [-0.3, -0.25) is 14.6 Å². The number of carbonyl (C=O) groups excluding carboxylic acids is 1. The number of hydrogen-bond acceptors (Lipinski definition) is 7. The SMILES string of the molecule is C[C@H](Nc1nc(C(N)=O)n(C)n1)c1cc2cc(Cl)c(OCc3ccccn3)cc2[nH]c1=O. The highest BCUT2D eigenvalue weighted by atomic mass is 35.5. The minimum atomic E-state index is -0.694. The third kappa shape index (κ3) is 4.40. The van der Waals surface area contributed by atoms with Gasteiger partial charge in [0.05, 0.1) is 22.3 Å². The first-order valence-corrected chi connectivity index (χ1v) is 10.1. The highest BCUT2D eigenvalue weighted by Gasteiger charge is 2.17. The summed E-state index contributed by atoms with van der Waals surface area (Å²) < 4.78 is 7.05. The van der Waals surface area contributed by atoms with Crippen LogP contribution in [0.5, 0.6) is 5.75 Å². The van der Waals surface area contributed by atoms with E-state index in [1.165, 1.54) is 4.68 Å². The molecule has 0 unspecified atom stereocenters. The summed E-state index contributed by atoms with van der Waals surface area (Å²) in [6, 6.07) is 10.2. The standard InChI is InChI=1S/C21H20ClN7O3/c1-11(25-21-27-19(18(23)30)29(2)28-21)14-7-12-8-15(22)17(9-16(12)26-20(14)31)32-10-13-5-3-4-6-24-13/h3-9,11H,10H2,1-2H3,(H2,23,30)(H,25,28)(H,26,31)/t11-/m0/s1. The molecule has 0 aliphatic rings. The second-order valence-electron chi connectivity index (χ2n) is 7.15. The van der Waals surface area contributed by atoms with Crippen molar-refractivity contribution in [1.29, 1.82) is 0 Å². The van der Waals surface area contributed by atoms with Crippen molar-refractivity contribution in [1.82, 2.24) is 24.7 Å². The zero-order valence-electron chi connectivity index (χ0n) is 17.3. The summed E-state index contributed by atoms with van der Waals surface area (Å²) in [6.07, 6.45) is 1.68. The second-order valence-corrected chi connectivity index (χ2v) is 7.55. The number of amides is 1. The van der Waals surface area contributed by atoms with Gasteiger partial charge < -0.3 is 20.8 Å². The van der Waals surface area contributed by atoms with E-state index in [0.717, 1.165) is 11.1 Å². The number of fused-ring (bicyclic) bond motifs is 1. The molecule has 0 bridgehead atoms. The predicted octanol–water partition coefficient (Wildman–Crippen LogP) is 2.56. The molecule has 4 N–H and O–H groups in total. The number of carbonyl (C=O) groups is 1. The van der Waals surface area contributed by atoms with Gasteiger partial charge in [0.2, 0.25) is 11.8 Å². The maximum Gasteiger partial charge on any atom is 0.286 e. The molecule has 11 heteroatoms. The molecule has 4 aromatic rings. The molecule has 0 fully saturated rings. The number of anilines is 1. The molecular formula is C21H20ClN7O3. The van der Waals surface area contributed by atoms with Gasteiger partial charge in [0, 0.05) is 30.3 Å². The molecule has 3 heterocycles. The number of nitrogens with one attached hydrogen (secondary N) is 2. The first-order chi connectivity index (χ1) is 15.3. The predicted molar refractivity (Wildman–Crippen MR) is 120 cm³/mol. The number of aromatic nitrogens is 5. The highest BCUT2D eigenvalue weighted by molar-refractivity contribution is 6.32. The molecule has 0 radical (unpaired) electrons. The van der Waals surface area contributed by atoms with Gasteiger partial charge in [-0.05, 0) is 31.2 Å². The fraction of sp³-hybridized carbons (Fsp3) is 0.190. The number of halogens is 1. The normalized spacial score (nSPS) is 12.0. The average molecular weight is 454 g/mol. The molecule has 0 aliphatic heterocycles. The molecule has 3 aromatic heterocycles. The van der Waals surface area contributed by atoms with Crippen LogP contribution in [0.3, 0.4) is 0 Å². The van der Waals surface area contributed by atoms with Crippen LogP contribution in [-0.4, -0.2) is 30.6 Å². The number of pyridine rings is 2. The Labute approximate surface area is 187 Å². The monoisotopic (exact) mass is 453 g/mol. The Morgan fingerprint density at radius 2 is 2.16 bits per heavy atom. The van der Waals surface area contributed by atoms with Crippen LogP contribution >= 0.6 is 11.6 Å². The topological polar surface area (TPSA) is 141 Å². The fourth-order valence-electron chi connectivity index (χ4n) is 3.22. The average Bonchev–Trinajstić information content (AvgIpc) is 3.13. The third-order valence-corrected chi connectivity index (χ3v) is 5.12. The quantitative estimate of drug-likeness (QED) is 0.390. The molecular weight excluding hydrogens is 434 g/mol. The van der Waals surface area contributed by atoms with Crippen molar-refractivity contribution >= 4 is 34.4 Å². The van der Waals surface area contributed by atoms with Crippen LogP contribution in [0.2, 0.25) is 5.02 Å². The molecule has 10 nitrogen and oxygen atoms in total. The van der Waals surface area contributed by atoms with Crippen molar-refractivity contribution < 1.29 is 9.53 Å². The van der Waals surface area contributed by atoms with Crippen molar-refractivity contribution in [2.45, 2.75) is 19.6 Å².